The number of aromatic nitrogens is 3. The average Bonchev–Trinajstić information content (AvgIpc) is 2.95. The Morgan fingerprint density at radius 2 is 2.04 bits per heavy atom. The van der Waals surface area contributed by atoms with Crippen LogP contribution >= 0.6 is 0 Å². The van der Waals surface area contributed by atoms with Crippen LogP contribution in [-0.4, -0.2) is 38.6 Å². The Kier molecular flexibility index (Phi) is 5.15. The van der Waals surface area contributed by atoms with Gasteiger partial charge in [0.1, 0.15) is 17.0 Å². The number of carbonyl (C=O) groups is 1. The molecular formula is C17H20F2N4O3. The summed E-state index contributed by atoms with van der Waals surface area (Å²) in [6, 6.07) is 0.876. The molecule has 2 aromatic rings. The zero-order valence-corrected chi connectivity index (χ0v) is 14.6. The Bertz CT molecular complexity index is 834. The summed E-state index contributed by atoms with van der Waals surface area (Å²) < 4.78 is 31.5. The molecule has 0 spiro atoms. The van der Waals surface area contributed by atoms with Gasteiger partial charge in [-0.05, 0) is 32.6 Å². The van der Waals surface area contributed by atoms with E-state index in [1.807, 2.05) is 0 Å². The second kappa shape index (κ2) is 7.35. The molecule has 140 valence electrons. The fraction of sp³-hybridized carbons (Fsp3) is 0.529. The smallest absolute Gasteiger partial charge is 0.280 e. The Morgan fingerprint density at radius 3 is 2.58 bits per heavy atom. The molecule has 2 aromatic heterocycles. The molecule has 1 fully saturated rings. The quantitative estimate of drug-likeness (QED) is 0.830. The number of hydrogen-bond acceptors (Lipinski definition) is 5. The number of halogens is 2. The lowest BCUT2D eigenvalue weighted by atomic mass is 9.96. The van der Waals surface area contributed by atoms with Gasteiger partial charge in [-0.1, -0.05) is 5.16 Å². The van der Waals surface area contributed by atoms with Gasteiger partial charge in [0.05, 0.1) is 12.0 Å². The largest absolute Gasteiger partial charge is 0.361 e. The zero-order chi connectivity index (χ0) is 18.8. The molecule has 26 heavy (non-hydrogen) atoms. The third kappa shape index (κ3) is 3.66. The van der Waals surface area contributed by atoms with Gasteiger partial charge in [0.25, 0.3) is 17.9 Å². The summed E-state index contributed by atoms with van der Waals surface area (Å²) in [5, 5.41) is 3.81. The first-order valence-corrected chi connectivity index (χ1v) is 8.43. The molecule has 1 aliphatic heterocycles. The predicted octanol–water partition coefficient (Wildman–Crippen LogP) is 2.34. The number of rotatable bonds is 4. The van der Waals surface area contributed by atoms with Crippen LogP contribution in [0.5, 0.6) is 0 Å². The number of piperidine rings is 1. The minimum absolute atomic E-state index is 0.0974. The minimum atomic E-state index is -2.75. The second-order valence-corrected chi connectivity index (χ2v) is 6.54. The minimum Gasteiger partial charge on any atom is -0.361 e. The first-order valence-electron chi connectivity index (χ1n) is 8.43. The molecule has 0 bridgehead atoms. The number of nitrogens with zero attached hydrogens (tertiary/aromatic N) is 4. The molecule has 0 atom stereocenters. The van der Waals surface area contributed by atoms with Gasteiger partial charge >= 0.3 is 0 Å². The van der Waals surface area contributed by atoms with Gasteiger partial charge in [-0.15, -0.1) is 0 Å². The van der Waals surface area contributed by atoms with Gasteiger partial charge in [-0.25, -0.2) is 13.8 Å². The van der Waals surface area contributed by atoms with E-state index in [0.717, 1.165) is 18.9 Å². The van der Waals surface area contributed by atoms with E-state index in [-0.39, 0.29) is 11.8 Å². The van der Waals surface area contributed by atoms with Crippen LogP contribution in [-0.2, 0) is 6.54 Å². The highest BCUT2D eigenvalue weighted by Gasteiger charge is 2.27. The van der Waals surface area contributed by atoms with Crippen LogP contribution in [0.2, 0.25) is 0 Å². The number of amides is 1. The standard InChI is InChI=1S/C17H20F2N4O3/c1-10-15(11(2)26-21-10)17(25)22-5-3-12(4-6-22)8-23-9-20-13(16(18)19)7-14(23)24/h7,9,12,16H,3-6,8H2,1-2H3. The maximum Gasteiger partial charge on any atom is 0.280 e. The number of hydrogen-bond donors (Lipinski definition) is 0. The predicted molar refractivity (Wildman–Crippen MR) is 88.1 cm³/mol. The lowest BCUT2D eigenvalue weighted by Crippen LogP contribution is -2.40. The molecule has 3 heterocycles. The van der Waals surface area contributed by atoms with E-state index in [1.165, 1.54) is 10.9 Å². The highest BCUT2D eigenvalue weighted by molar-refractivity contribution is 5.96. The molecule has 1 amide bonds. The van der Waals surface area contributed by atoms with Crippen molar-refractivity contribution in [2.24, 2.45) is 5.92 Å². The van der Waals surface area contributed by atoms with Crippen LogP contribution in [0.4, 0.5) is 8.78 Å². The molecule has 7 nitrogen and oxygen atoms in total. The molecule has 0 unspecified atom stereocenters. The maximum atomic E-state index is 12.6. The lowest BCUT2D eigenvalue weighted by Gasteiger charge is -2.32. The van der Waals surface area contributed by atoms with Crippen molar-refractivity contribution < 1.29 is 18.1 Å². The third-order valence-corrected chi connectivity index (χ3v) is 4.73. The first-order chi connectivity index (χ1) is 12.4. The molecule has 9 heteroatoms. The van der Waals surface area contributed by atoms with Crippen molar-refractivity contribution in [3.8, 4) is 0 Å². The molecule has 1 saturated heterocycles. The van der Waals surface area contributed by atoms with E-state index >= 15 is 0 Å². The van der Waals surface area contributed by atoms with E-state index in [0.29, 0.717) is 36.7 Å². The highest BCUT2D eigenvalue weighted by atomic mass is 19.3. The van der Waals surface area contributed by atoms with Crippen LogP contribution in [0.3, 0.4) is 0 Å². The third-order valence-electron chi connectivity index (χ3n) is 4.73. The number of aryl methyl sites for hydroxylation is 2. The summed E-state index contributed by atoms with van der Waals surface area (Å²) in [6.07, 6.45) is -0.141. The second-order valence-electron chi connectivity index (χ2n) is 6.54. The average molecular weight is 366 g/mol. The molecule has 3 rings (SSSR count). The van der Waals surface area contributed by atoms with E-state index in [4.69, 9.17) is 4.52 Å². The van der Waals surface area contributed by atoms with Crippen molar-refractivity contribution in [1.29, 1.82) is 0 Å². The number of likely N-dealkylation sites (tertiary alicyclic amines) is 1. The lowest BCUT2D eigenvalue weighted by molar-refractivity contribution is 0.0680. The summed E-state index contributed by atoms with van der Waals surface area (Å²) in [5.41, 5.74) is 0.0912. The van der Waals surface area contributed by atoms with Crippen molar-refractivity contribution in [2.45, 2.75) is 39.7 Å². The maximum absolute atomic E-state index is 12.6. The topological polar surface area (TPSA) is 81.2 Å². The van der Waals surface area contributed by atoms with E-state index in [1.54, 1.807) is 18.7 Å². The number of carbonyl (C=O) groups excluding carboxylic acids is 1. The van der Waals surface area contributed by atoms with Crippen LogP contribution in [0, 0.1) is 19.8 Å². The number of alkyl halides is 2. The van der Waals surface area contributed by atoms with Gasteiger partial charge in [0.2, 0.25) is 0 Å². The Hall–Kier alpha value is -2.58. The van der Waals surface area contributed by atoms with Gasteiger partial charge in [-0.3, -0.25) is 14.2 Å². The molecular weight excluding hydrogens is 346 g/mol. The molecule has 1 aliphatic rings. The fourth-order valence-corrected chi connectivity index (χ4v) is 3.24. The highest BCUT2D eigenvalue weighted by Crippen LogP contribution is 2.22. The fourth-order valence-electron chi connectivity index (χ4n) is 3.24. The van der Waals surface area contributed by atoms with Crippen LogP contribution in [0.25, 0.3) is 0 Å². The molecule has 0 saturated carbocycles. The van der Waals surface area contributed by atoms with Gasteiger partial charge in [-0.2, -0.15) is 0 Å². The van der Waals surface area contributed by atoms with Crippen molar-refractivity contribution in [2.75, 3.05) is 13.1 Å². The Balaban J connectivity index is 1.61. The van der Waals surface area contributed by atoms with E-state index in [9.17, 15) is 18.4 Å². The molecule has 0 radical (unpaired) electrons. The molecule has 0 N–H and O–H groups in total. The van der Waals surface area contributed by atoms with Crippen molar-refractivity contribution in [3.05, 3.63) is 45.5 Å². The molecule has 0 aliphatic carbocycles. The first kappa shape index (κ1) is 18.2. The summed E-state index contributed by atoms with van der Waals surface area (Å²) >= 11 is 0. The summed E-state index contributed by atoms with van der Waals surface area (Å²) in [4.78, 5) is 29.9. The normalized spacial score (nSPS) is 15.7. The van der Waals surface area contributed by atoms with Crippen LogP contribution < -0.4 is 5.56 Å². The summed E-state index contributed by atoms with van der Waals surface area (Å²) in [6.45, 7) is 4.97. The zero-order valence-electron chi connectivity index (χ0n) is 14.6. The van der Waals surface area contributed by atoms with Crippen molar-refractivity contribution >= 4 is 5.91 Å². The monoisotopic (exact) mass is 366 g/mol. The summed E-state index contributed by atoms with van der Waals surface area (Å²) in [7, 11) is 0. The molecule has 0 aromatic carbocycles. The summed E-state index contributed by atoms with van der Waals surface area (Å²) in [5.74, 6) is 0.590. The van der Waals surface area contributed by atoms with Gasteiger partial charge < -0.3 is 9.42 Å². The van der Waals surface area contributed by atoms with E-state index < -0.39 is 17.7 Å². The van der Waals surface area contributed by atoms with E-state index in [2.05, 4.69) is 10.1 Å². The SMILES string of the molecule is Cc1noc(C)c1C(=O)N1CCC(Cn2cnc(C(F)F)cc2=O)CC1. The van der Waals surface area contributed by atoms with Crippen LogP contribution in [0.1, 0.15) is 46.8 Å². The van der Waals surface area contributed by atoms with Crippen LogP contribution in [0.15, 0.2) is 21.7 Å². The van der Waals surface area contributed by atoms with Crippen molar-refractivity contribution in [3.63, 3.8) is 0 Å². The van der Waals surface area contributed by atoms with Crippen molar-refractivity contribution in [1.82, 2.24) is 19.6 Å². The van der Waals surface area contributed by atoms with Gasteiger partial charge in [0, 0.05) is 25.7 Å². The Labute approximate surface area is 148 Å². The Morgan fingerprint density at radius 1 is 1.35 bits per heavy atom. The van der Waals surface area contributed by atoms with Gasteiger partial charge in [0.15, 0.2) is 0 Å².